The van der Waals surface area contributed by atoms with E-state index in [1.807, 2.05) is 18.2 Å². The van der Waals surface area contributed by atoms with Gasteiger partial charge in [-0.15, -0.1) is 0 Å². The number of fused-ring (bicyclic) bond motifs is 7. The lowest BCUT2D eigenvalue weighted by Gasteiger charge is -2.21. The molecule has 0 bridgehead atoms. The van der Waals surface area contributed by atoms with Gasteiger partial charge in [0.25, 0.3) is 0 Å². The number of nitrogens with two attached hydrogens (primary N) is 1. The summed E-state index contributed by atoms with van der Waals surface area (Å²) in [6.07, 6.45) is 0. The number of nitrogens with zero attached hydrogens (tertiary/aromatic N) is 3. The van der Waals surface area contributed by atoms with Crippen molar-refractivity contribution < 1.29 is 0 Å². The van der Waals surface area contributed by atoms with E-state index in [-0.39, 0.29) is 11.5 Å². The van der Waals surface area contributed by atoms with Crippen molar-refractivity contribution in [3.05, 3.63) is 173 Å². The quantitative estimate of drug-likeness (QED) is 0.115. The van der Waals surface area contributed by atoms with Crippen LogP contribution in [-0.2, 0) is 11.1 Å². The van der Waals surface area contributed by atoms with Crippen LogP contribution in [0.1, 0.15) is 53.3 Å². The zero-order chi connectivity index (χ0) is 32.6. The van der Waals surface area contributed by atoms with Gasteiger partial charge in [0.2, 0.25) is 0 Å². The summed E-state index contributed by atoms with van der Waals surface area (Å²) in [7, 11) is 0. The summed E-state index contributed by atoms with van der Waals surface area (Å²) < 4.78 is 2.39. The molecule has 1 aliphatic carbocycles. The average Bonchev–Trinajstić information content (AvgIpc) is 3.69. The number of hydrogen-bond donors (Lipinski definition) is 2. The molecular formula is C43H33N5. The molecule has 2 heterocycles. The molecule has 2 aliphatic rings. The van der Waals surface area contributed by atoms with E-state index < -0.39 is 5.66 Å². The molecule has 0 saturated carbocycles. The third-order valence-electron chi connectivity index (χ3n) is 10.3. The Labute approximate surface area is 279 Å². The first-order chi connectivity index (χ1) is 23.4. The van der Waals surface area contributed by atoms with Crippen LogP contribution in [0.2, 0.25) is 0 Å². The van der Waals surface area contributed by atoms with E-state index in [1.165, 1.54) is 38.5 Å². The zero-order valence-corrected chi connectivity index (χ0v) is 26.8. The molecule has 1 aromatic heterocycles. The first kappa shape index (κ1) is 28.3. The van der Waals surface area contributed by atoms with Gasteiger partial charge in [-0.1, -0.05) is 117 Å². The number of aromatic nitrogens is 1. The lowest BCUT2D eigenvalue weighted by atomic mass is 9.82. The van der Waals surface area contributed by atoms with Crippen LogP contribution in [0, 0.1) is 11.3 Å². The molecule has 3 N–H and O–H groups in total. The van der Waals surface area contributed by atoms with Crippen LogP contribution in [0.25, 0.3) is 38.6 Å². The van der Waals surface area contributed by atoms with Crippen molar-refractivity contribution in [3.63, 3.8) is 0 Å². The third-order valence-corrected chi connectivity index (χ3v) is 10.3. The fraction of sp³-hybridized carbons (Fsp3) is 0.116. The minimum absolute atomic E-state index is 0.0631. The second-order valence-electron chi connectivity index (χ2n) is 13.4. The van der Waals surface area contributed by atoms with Crippen molar-refractivity contribution in [3.8, 4) is 22.9 Å². The van der Waals surface area contributed by atoms with Gasteiger partial charge >= 0.3 is 0 Å². The van der Waals surface area contributed by atoms with Gasteiger partial charge < -0.3 is 10.3 Å². The normalized spacial score (nSPS) is 19.2. The average molecular weight is 620 g/mol. The zero-order valence-electron chi connectivity index (χ0n) is 26.8. The van der Waals surface area contributed by atoms with Crippen molar-refractivity contribution in [1.29, 1.82) is 5.26 Å². The van der Waals surface area contributed by atoms with Crippen molar-refractivity contribution in [1.82, 2.24) is 9.88 Å². The molecule has 1 unspecified atom stereocenters. The Hall–Kier alpha value is -5.96. The van der Waals surface area contributed by atoms with Gasteiger partial charge in [0.15, 0.2) is 5.66 Å². The van der Waals surface area contributed by atoms with E-state index >= 15 is 0 Å². The number of benzene rings is 6. The second-order valence-corrected chi connectivity index (χ2v) is 13.4. The smallest absolute Gasteiger partial charge is 0.159 e. The Kier molecular flexibility index (Phi) is 6.05. The Balaban J connectivity index is 1.25. The highest BCUT2D eigenvalue weighted by atomic mass is 15.4. The summed E-state index contributed by atoms with van der Waals surface area (Å²) in [6.45, 7) is 4.67. The third kappa shape index (κ3) is 4.03. The summed E-state index contributed by atoms with van der Waals surface area (Å²) in [4.78, 5) is 5.19. The molecule has 230 valence electrons. The summed E-state index contributed by atoms with van der Waals surface area (Å²) in [5.74, 6) is 0.386. The van der Waals surface area contributed by atoms with Gasteiger partial charge in [-0.2, -0.15) is 5.26 Å². The number of nitriles is 1. The Morgan fingerprint density at radius 2 is 1.54 bits per heavy atom. The van der Waals surface area contributed by atoms with Crippen LogP contribution < -0.4 is 11.1 Å². The van der Waals surface area contributed by atoms with Gasteiger partial charge in [-0.05, 0) is 69.8 Å². The molecule has 1 fully saturated rings. The summed E-state index contributed by atoms with van der Waals surface area (Å²) in [6, 6.07) is 50.7. The largest absolute Gasteiger partial charge is 0.383 e. The number of hydrogen-bond acceptors (Lipinski definition) is 3. The fourth-order valence-corrected chi connectivity index (χ4v) is 7.97. The molecule has 9 rings (SSSR count). The van der Waals surface area contributed by atoms with Gasteiger partial charge in [0.05, 0.1) is 28.7 Å². The fourth-order valence-electron chi connectivity index (χ4n) is 7.97. The van der Waals surface area contributed by atoms with Crippen molar-refractivity contribution in [2.24, 2.45) is 10.7 Å². The van der Waals surface area contributed by atoms with E-state index in [0.717, 1.165) is 27.9 Å². The highest BCUT2D eigenvalue weighted by Gasteiger charge is 2.56. The number of rotatable bonds is 5. The molecule has 6 aromatic carbocycles. The second kappa shape index (κ2) is 10.3. The van der Waals surface area contributed by atoms with Crippen molar-refractivity contribution in [2.45, 2.75) is 31.0 Å². The highest BCUT2D eigenvalue weighted by Crippen LogP contribution is 2.54. The summed E-state index contributed by atoms with van der Waals surface area (Å²) in [5.41, 5.74) is 18.1. The van der Waals surface area contributed by atoms with E-state index in [0.29, 0.717) is 11.4 Å². The molecule has 1 saturated heterocycles. The lowest BCUT2D eigenvalue weighted by molar-refractivity contribution is 0.661. The first-order valence-corrected chi connectivity index (χ1v) is 16.4. The Bertz CT molecular complexity index is 2500. The first-order valence-electron chi connectivity index (χ1n) is 16.4. The van der Waals surface area contributed by atoms with Crippen LogP contribution in [0.5, 0.6) is 0 Å². The van der Waals surface area contributed by atoms with E-state index in [2.05, 4.69) is 139 Å². The predicted molar refractivity (Wildman–Crippen MR) is 194 cm³/mol. The van der Waals surface area contributed by atoms with Crippen molar-refractivity contribution in [2.75, 3.05) is 0 Å². The molecule has 5 heteroatoms. The summed E-state index contributed by atoms with van der Waals surface area (Å²) >= 11 is 0. The molecule has 1 aliphatic heterocycles. The van der Waals surface area contributed by atoms with E-state index in [4.69, 9.17) is 10.7 Å². The molecule has 48 heavy (non-hydrogen) atoms. The van der Waals surface area contributed by atoms with Gasteiger partial charge in [-0.3, -0.25) is 5.32 Å². The molecule has 0 amide bonds. The number of aliphatic imine (C=N–C) groups is 1. The van der Waals surface area contributed by atoms with Crippen LogP contribution >= 0.6 is 0 Å². The topological polar surface area (TPSA) is 89.0 Å². The van der Waals surface area contributed by atoms with Gasteiger partial charge in [-0.25, -0.2) is 4.99 Å². The molecular weight excluding hydrogens is 587 g/mol. The molecule has 7 aromatic rings. The van der Waals surface area contributed by atoms with Gasteiger partial charge in [0, 0.05) is 27.4 Å². The van der Waals surface area contributed by atoms with Crippen LogP contribution in [0.15, 0.2) is 145 Å². The number of nitrogens with one attached hydrogen (secondary N) is 1. The molecule has 2 atom stereocenters. The SMILES string of the molecule is CC1(C)c2ccccc2-c2c1ccc1c2c2ccccc2n1-c1cccc(C2(N=C(N)c3cccc(C#N)c3)N[C@H]2c2ccccc2)c1. The predicted octanol–water partition coefficient (Wildman–Crippen LogP) is 8.86. The van der Waals surface area contributed by atoms with E-state index in [1.54, 1.807) is 12.1 Å². The maximum absolute atomic E-state index is 9.51. The molecule has 0 spiro atoms. The number of para-hydroxylation sites is 1. The van der Waals surface area contributed by atoms with Crippen LogP contribution in [0.3, 0.4) is 0 Å². The maximum atomic E-state index is 9.51. The highest BCUT2D eigenvalue weighted by molar-refractivity contribution is 6.17. The standard InChI is InChI=1S/C43H33N5/c1-42(2)34-20-8-6-18-32(34)38-35(42)22-23-37-39(38)33-19-7-9-21-36(33)48(37)31-17-11-16-30(25-31)43(40(46-43)28-13-4-3-5-14-28)47-41(45)29-15-10-12-27(24-29)26-44/h3-25,40,46H,1-2H3,(H2,45,47)/t40-,43?/m0/s1. The van der Waals surface area contributed by atoms with Gasteiger partial charge in [0.1, 0.15) is 5.84 Å². The Morgan fingerprint density at radius 3 is 2.40 bits per heavy atom. The Morgan fingerprint density at radius 1 is 0.771 bits per heavy atom. The summed E-state index contributed by atoms with van der Waals surface area (Å²) in [5, 5.41) is 15.7. The van der Waals surface area contributed by atoms with Crippen LogP contribution in [-0.4, -0.2) is 10.4 Å². The van der Waals surface area contributed by atoms with Crippen LogP contribution in [0.4, 0.5) is 0 Å². The minimum atomic E-state index is -0.771. The molecule has 0 radical (unpaired) electrons. The number of amidine groups is 1. The van der Waals surface area contributed by atoms with E-state index in [9.17, 15) is 5.26 Å². The molecule has 5 nitrogen and oxygen atoms in total. The maximum Gasteiger partial charge on any atom is 0.159 e. The van der Waals surface area contributed by atoms with Crippen molar-refractivity contribution >= 4 is 27.6 Å². The monoisotopic (exact) mass is 619 g/mol. The lowest BCUT2D eigenvalue weighted by Crippen LogP contribution is -2.21. The minimum Gasteiger partial charge on any atom is -0.383 e.